The summed E-state index contributed by atoms with van der Waals surface area (Å²) in [6.45, 7) is 7.13. The van der Waals surface area contributed by atoms with E-state index in [0.717, 1.165) is 12.1 Å². The first kappa shape index (κ1) is 21.9. The molecule has 1 heterocycles. The van der Waals surface area contributed by atoms with Crippen molar-refractivity contribution in [3.8, 4) is 0 Å². The lowest BCUT2D eigenvalue weighted by Crippen LogP contribution is -2.28. The van der Waals surface area contributed by atoms with Gasteiger partial charge in [0.2, 0.25) is 0 Å². The first-order valence-electron chi connectivity index (χ1n) is 9.70. The topological polar surface area (TPSA) is 102 Å². The Labute approximate surface area is 178 Å². The number of nitrogens with zero attached hydrogens (tertiary/aromatic N) is 2. The monoisotopic (exact) mass is 426 g/mol. The van der Waals surface area contributed by atoms with E-state index in [4.69, 9.17) is 4.74 Å². The standard InChI is InChI=1S/C22H23FN4O4/c1-5-27-20(29)15-9-7-6-8-14(15)18(26-27)19(28)24-17-12-13(23)10-11-16(17)25-21(30)31-22(2,3)4/h6-12H,5H2,1-4H3,(H,24,28)(H,25,30). The molecule has 0 saturated heterocycles. The van der Waals surface area contributed by atoms with Crippen LogP contribution in [0.5, 0.6) is 0 Å². The quantitative estimate of drug-likeness (QED) is 0.652. The number of nitrogens with one attached hydrogen (secondary N) is 2. The van der Waals surface area contributed by atoms with Crippen molar-refractivity contribution in [2.45, 2.75) is 39.8 Å². The van der Waals surface area contributed by atoms with Crippen molar-refractivity contribution >= 4 is 34.1 Å². The van der Waals surface area contributed by atoms with Crippen LogP contribution in [0.25, 0.3) is 10.8 Å². The molecule has 0 unspecified atom stereocenters. The molecule has 0 bridgehead atoms. The third-order valence-corrected chi connectivity index (χ3v) is 4.25. The fourth-order valence-electron chi connectivity index (χ4n) is 2.94. The summed E-state index contributed by atoms with van der Waals surface area (Å²) in [6, 6.07) is 10.1. The van der Waals surface area contributed by atoms with Crippen molar-refractivity contribution in [1.82, 2.24) is 9.78 Å². The number of hydrogen-bond donors (Lipinski definition) is 2. The van der Waals surface area contributed by atoms with Crippen molar-refractivity contribution in [3.05, 3.63) is 64.3 Å². The Bertz CT molecular complexity index is 1210. The summed E-state index contributed by atoms with van der Waals surface area (Å²) < 4.78 is 20.3. The summed E-state index contributed by atoms with van der Waals surface area (Å²) in [6.07, 6.45) is -0.752. The number of hydrogen-bond acceptors (Lipinski definition) is 5. The second-order valence-corrected chi connectivity index (χ2v) is 7.79. The number of rotatable bonds is 4. The molecule has 0 atom stereocenters. The smallest absolute Gasteiger partial charge is 0.412 e. The minimum Gasteiger partial charge on any atom is -0.444 e. The van der Waals surface area contributed by atoms with Gasteiger partial charge in [0.1, 0.15) is 11.4 Å². The molecular weight excluding hydrogens is 403 g/mol. The molecule has 2 aromatic carbocycles. The number of carbonyl (C=O) groups excluding carboxylic acids is 2. The van der Waals surface area contributed by atoms with E-state index >= 15 is 0 Å². The van der Waals surface area contributed by atoms with Crippen LogP contribution in [0.2, 0.25) is 0 Å². The van der Waals surface area contributed by atoms with Gasteiger partial charge in [-0.1, -0.05) is 18.2 Å². The Morgan fingerprint density at radius 1 is 1.06 bits per heavy atom. The van der Waals surface area contributed by atoms with Crippen molar-refractivity contribution in [1.29, 1.82) is 0 Å². The summed E-state index contributed by atoms with van der Waals surface area (Å²) in [7, 11) is 0. The number of amides is 2. The molecule has 3 aromatic rings. The maximum atomic E-state index is 13.9. The minimum atomic E-state index is -0.752. The lowest BCUT2D eigenvalue weighted by molar-refractivity contribution is 0.0635. The molecule has 2 amide bonds. The molecule has 31 heavy (non-hydrogen) atoms. The average Bonchev–Trinajstić information content (AvgIpc) is 2.69. The number of ether oxygens (including phenoxy) is 1. The molecule has 0 radical (unpaired) electrons. The number of aryl methyl sites for hydroxylation is 1. The zero-order valence-corrected chi connectivity index (χ0v) is 17.7. The van der Waals surface area contributed by atoms with Crippen LogP contribution in [0, 0.1) is 5.82 Å². The molecule has 9 heteroatoms. The van der Waals surface area contributed by atoms with Gasteiger partial charge in [-0.25, -0.2) is 13.9 Å². The van der Waals surface area contributed by atoms with Gasteiger partial charge in [0, 0.05) is 11.9 Å². The molecule has 0 aliphatic heterocycles. The molecule has 3 rings (SSSR count). The number of carbonyl (C=O) groups is 2. The van der Waals surface area contributed by atoms with E-state index in [1.165, 1.54) is 10.7 Å². The Hall–Kier alpha value is -3.75. The van der Waals surface area contributed by atoms with Crippen LogP contribution in [0.15, 0.2) is 47.3 Å². The van der Waals surface area contributed by atoms with Crippen molar-refractivity contribution in [2.75, 3.05) is 10.6 Å². The van der Waals surface area contributed by atoms with Crippen LogP contribution < -0.4 is 16.2 Å². The summed E-state index contributed by atoms with van der Waals surface area (Å²) in [4.78, 5) is 37.6. The van der Waals surface area contributed by atoms with Gasteiger partial charge in [-0.2, -0.15) is 5.10 Å². The molecule has 0 saturated carbocycles. The molecule has 1 aromatic heterocycles. The van der Waals surface area contributed by atoms with E-state index in [1.54, 1.807) is 52.0 Å². The van der Waals surface area contributed by atoms with Crippen LogP contribution in [-0.4, -0.2) is 27.4 Å². The first-order chi connectivity index (χ1) is 14.6. The largest absolute Gasteiger partial charge is 0.444 e. The van der Waals surface area contributed by atoms with Gasteiger partial charge >= 0.3 is 6.09 Å². The van der Waals surface area contributed by atoms with E-state index in [1.807, 2.05) is 0 Å². The normalized spacial score (nSPS) is 11.3. The second-order valence-electron chi connectivity index (χ2n) is 7.79. The lowest BCUT2D eigenvalue weighted by atomic mass is 10.1. The summed E-state index contributed by atoms with van der Waals surface area (Å²) in [5.74, 6) is -1.27. The van der Waals surface area contributed by atoms with Gasteiger partial charge in [0.15, 0.2) is 5.69 Å². The predicted molar refractivity (Wildman–Crippen MR) is 116 cm³/mol. The van der Waals surface area contributed by atoms with Crippen LogP contribution in [-0.2, 0) is 11.3 Å². The molecular formula is C22H23FN4O4. The molecule has 2 N–H and O–H groups in total. The van der Waals surface area contributed by atoms with Crippen molar-refractivity contribution in [3.63, 3.8) is 0 Å². The SMILES string of the molecule is CCn1nc(C(=O)Nc2cc(F)ccc2NC(=O)OC(C)(C)C)c2ccccc2c1=O. The summed E-state index contributed by atoms with van der Waals surface area (Å²) >= 11 is 0. The zero-order chi connectivity index (χ0) is 22.8. The van der Waals surface area contributed by atoms with Gasteiger partial charge in [-0.05, 0) is 52.0 Å². The first-order valence-corrected chi connectivity index (χ1v) is 9.70. The highest BCUT2D eigenvalue weighted by Gasteiger charge is 2.20. The Balaban J connectivity index is 1.98. The Morgan fingerprint density at radius 2 is 1.74 bits per heavy atom. The van der Waals surface area contributed by atoms with E-state index in [9.17, 15) is 18.8 Å². The molecule has 8 nitrogen and oxygen atoms in total. The summed E-state index contributed by atoms with van der Waals surface area (Å²) in [5.41, 5.74) is -0.866. The average molecular weight is 426 g/mol. The zero-order valence-electron chi connectivity index (χ0n) is 17.7. The summed E-state index contributed by atoms with van der Waals surface area (Å²) in [5, 5.41) is 9.95. The predicted octanol–water partition coefficient (Wildman–Crippen LogP) is 4.15. The second kappa shape index (κ2) is 8.55. The highest BCUT2D eigenvalue weighted by molar-refractivity contribution is 6.12. The number of aromatic nitrogens is 2. The molecule has 162 valence electrons. The van der Waals surface area contributed by atoms with E-state index in [0.29, 0.717) is 10.8 Å². The lowest BCUT2D eigenvalue weighted by Gasteiger charge is -2.20. The third-order valence-electron chi connectivity index (χ3n) is 4.25. The van der Waals surface area contributed by atoms with E-state index in [-0.39, 0.29) is 29.2 Å². The highest BCUT2D eigenvalue weighted by atomic mass is 19.1. The molecule has 0 fully saturated rings. The fraction of sp³-hybridized carbons (Fsp3) is 0.273. The van der Waals surface area contributed by atoms with Crippen molar-refractivity contribution in [2.24, 2.45) is 0 Å². The molecule has 0 aliphatic rings. The van der Waals surface area contributed by atoms with Crippen LogP contribution in [0.1, 0.15) is 38.2 Å². The van der Waals surface area contributed by atoms with Crippen LogP contribution >= 0.6 is 0 Å². The van der Waals surface area contributed by atoms with Gasteiger partial charge < -0.3 is 10.1 Å². The number of benzene rings is 2. The third kappa shape index (κ3) is 5.06. The number of anilines is 2. The van der Waals surface area contributed by atoms with E-state index < -0.39 is 23.4 Å². The Morgan fingerprint density at radius 3 is 2.39 bits per heavy atom. The highest BCUT2D eigenvalue weighted by Crippen LogP contribution is 2.25. The minimum absolute atomic E-state index is 0.00419. The van der Waals surface area contributed by atoms with Crippen molar-refractivity contribution < 1.29 is 18.7 Å². The maximum absolute atomic E-state index is 13.9. The number of fused-ring (bicyclic) bond motifs is 1. The van der Waals surface area contributed by atoms with Crippen LogP contribution in [0.3, 0.4) is 0 Å². The number of halogens is 1. The van der Waals surface area contributed by atoms with Gasteiger partial charge in [0.05, 0.1) is 16.8 Å². The van der Waals surface area contributed by atoms with Gasteiger partial charge in [-0.15, -0.1) is 0 Å². The maximum Gasteiger partial charge on any atom is 0.412 e. The van der Waals surface area contributed by atoms with E-state index in [2.05, 4.69) is 15.7 Å². The van der Waals surface area contributed by atoms with Gasteiger partial charge in [0.25, 0.3) is 11.5 Å². The van der Waals surface area contributed by atoms with Gasteiger partial charge in [-0.3, -0.25) is 14.9 Å². The molecule has 0 aliphatic carbocycles. The Kier molecular flexibility index (Phi) is 6.05. The molecule has 0 spiro atoms. The van der Waals surface area contributed by atoms with Crippen LogP contribution in [0.4, 0.5) is 20.6 Å². The fourth-order valence-corrected chi connectivity index (χ4v) is 2.94.